The van der Waals surface area contributed by atoms with Gasteiger partial charge in [0.05, 0.1) is 0 Å². The molecule has 0 amide bonds. The molecular weight excluding hydrogens is 304 g/mol. The maximum Gasteiger partial charge on any atom is 0.193 e. The number of hydrogen-bond acceptors (Lipinski definition) is 1. The van der Waals surface area contributed by atoms with E-state index in [-0.39, 0.29) is 5.78 Å². The third kappa shape index (κ3) is 2.78. The van der Waals surface area contributed by atoms with Crippen LogP contribution in [0.1, 0.15) is 58.8 Å². The predicted octanol–water partition coefficient (Wildman–Crippen LogP) is 5.90. The first-order chi connectivity index (χ1) is 12.3. The van der Waals surface area contributed by atoms with Gasteiger partial charge in [-0.3, -0.25) is 4.79 Å². The Morgan fingerprint density at radius 2 is 1.56 bits per heavy atom. The van der Waals surface area contributed by atoms with Crippen LogP contribution in [0.25, 0.3) is 10.8 Å². The first-order valence-corrected chi connectivity index (χ1v) is 9.46. The minimum Gasteiger partial charge on any atom is -0.289 e. The van der Waals surface area contributed by atoms with Crippen molar-refractivity contribution in [1.82, 2.24) is 0 Å². The molecule has 0 fully saturated rings. The standard InChI is InChI=1S/C24H24O/c1-2-3-12-21-20-16-9-15-18(20)19-13-7-8-14-22(19)23(21)24(25)17-10-5-4-6-11-17/h4-8,10-11,13-14H,2-3,9,12,15-16H2,1H3. The van der Waals surface area contributed by atoms with Gasteiger partial charge in [-0.05, 0) is 59.6 Å². The maximum absolute atomic E-state index is 13.4. The average molecular weight is 328 g/mol. The largest absolute Gasteiger partial charge is 0.289 e. The molecule has 0 aliphatic heterocycles. The summed E-state index contributed by atoms with van der Waals surface area (Å²) in [5, 5.41) is 2.43. The third-order valence-electron chi connectivity index (χ3n) is 5.45. The Morgan fingerprint density at radius 3 is 2.32 bits per heavy atom. The number of carbonyl (C=O) groups excluding carboxylic acids is 1. The summed E-state index contributed by atoms with van der Waals surface area (Å²) in [6, 6.07) is 18.3. The van der Waals surface area contributed by atoms with Crippen molar-refractivity contribution in [3.8, 4) is 0 Å². The normalized spacial score (nSPS) is 13.2. The highest BCUT2D eigenvalue weighted by atomic mass is 16.1. The van der Waals surface area contributed by atoms with Gasteiger partial charge >= 0.3 is 0 Å². The van der Waals surface area contributed by atoms with Gasteiger partial charge in [0.2, 0.25) is 0 Å². The van der Waals surface area contributed by atoms with E-state index in [0.717, 1.165) is 48.6 Å². The minimum absolute atomic E-state index is 0.178. The van der Waals surface area contributed by atoms with Gasteiger partial charge in [-0.25, -0.2) is 0 Å². The topological polar surface area (TPSA) is 17.1 Å². The Bertz CT molecular complexity index is 922. The first-order valence-electron chi connectivity index (χ1n) is 9.46. The lowest BCUT2D eigenvalue weighted by atomic mass is 9.85. The number of rotatable bonds is 5. The molecule has 25 heavy (non-hydrogen) atoms. The van der Waals surface area contributed by atoms with E-state index in [1.807, 2.05) is 30.3 Å². The Hall–Kier alpha value is -2.41. The maximum atomic E-state index is 13.4. The molecular formula is C24H24O. The van der Waals surface area contributed by atoms with E-state index >= 15 is 0 Å². The molecule has 0 unspecified atom stereocenters. The summed E-state index contributed by atoms with van der Waals surface area (Å²) in [5.41, 5.74) is 6.03. The van der Waals surface area contributed by atoms with Crippen LogP contribution in [-0.2, 0) is 19.3 Å². The second-order valence-corrected chi connectivity index (χ2v) is 7.01. The summed E-state index contributed by atoms with van der Waals surface area (Å²) in [5.74, 6) is 0.178. The lowest BCUT2D eigenvalue weighted by Gasteiger charge is -2.18. The molecule has 1 heteroatoms. The number of ketones is 1. The molecule has 3 aromatic carbocycles. The van der Waals surface area contributed by atoms with Gasteiger partial charge in [0.1, 0.15) is 0 Å². The highest BCUT2D eigenvalue weighted by Gasteiger charge is 2.25. The fraction of sp³-hybridized carbons (Fsp3) is 0.292. The van der Waals surface area contributed by atoms with Gasteiger partial charge < -0.3 is 0 Å². The third-order valence-corrected chi connectivity index (χ3v) is 5.45. The number of aryl methyl sites for hydroxylation is 1. The van der Waals surface area contributed by atoms with Crippen LogP contribution in [0.15, 0.2) is 54.6 Å². The van der Waals surface area contributed by atoms with Crippen LogP contribution < -0.4 is 0 Å². The smallest absolute Gasteiger partial charge is 0.193 e. The highest BCUT2D eigenvalue weighted by Crippen LogP contribution is 2.38. The monoisotopic (exact) mass is 328 g/mol. The van der Waals surface area contributed by atoms with Gasteiger partial charge in [-0.15, -0.1) is 0 Å². The molecule has 0 saturated carbocycles. The molecule has 4 rings (SSSR count). The number of carbonyl (C=O) groups is 1. The summed E-state index contributed by atoms with van der Waals surface area (Å²) in [6.07, 6.45) is 6.78. The molecule has 0 spiro atoms. The summed E-state index contributed by atoms with van der Waals surface area (Å²) in [7, 11) is 0. The fourth-order valence-corrected chi connectivity index (χ4v) is 4.27. The molecule has 0 saturated heterocycles. The summed E-state index contributed by atoms with van der Waals surface area (Å²) in [4.78, 5) is 13.4. The summed E-state index contributed by atoms with van der Waals surface area (Å²) < 4.78 is 0. The second kappa shape index (κ2) is 6.84. The van der Waals surface area contributed by atoms with Crippen molar-refractivity contribution in [1.29, 1.82) is 0 Å². The first kappa shape index (κ1) is 16.1. The van der Waals surface area contributed by atoms with E-state index in [2.05, 4.69) is 31.2 Å². The SMILES string of the molecule is CCCCc1c2c(c3ccccc3c1C(=O)c1ccccc1)CCC2. The predicted molar refractivity (Wildman–Crippen MR) is 104 cm³/mol. The number of benzene rings is 3. The van der Waals surface area contributed by atoms with E-state index < -0.39 is 0 Å². The van der Waals surface area contributed by atoms with Crippen molar-refractivity contribution in [2.75, 3.05) is 0 Å². The van der Waals surface area contributed by atoms with Crippen LogP contribution in [0.4, 0.5) is 0 Å². The molecule has 126 valence electrons. The molecule has 0 N–H and O–H groups in total. The molecule has 0 radical (unpaired) electrons. The van der Waals surface area contributed by atoms with E-state index in [4.69, 9.17) is 0 Å². The van der Waals surface area contributed by atoms with Crippen molar-refractivity contribution in [3.63, 3.8) is 0 Å². The second-order valence-electron chi connectivity index (χ2n) is 7.01. The number of fused-ring (bicyclic) bond motifs is 3. The number of unbranched alkanes of at least 4 members (excludes halogenated alkanes) is 1. The zero-order valence-electron chi connectivity index (χ0n) is 14.8. The lowest BCUT2D eigenvalue weighted by Crippen LogP contribution is -2.10. The zero-order valence-corrected chi connectivity index (χ0v) is 14.8. The van der Waals surface area contributed by atoms with Crippen LogP contribution in [0.5, 0.6) is 0 Å². The van der Waals surface area contributed by atoms with Crippen molar-refractivity contribution < 1.29 is 4.79 Å². The van der Waals surface area contributed by atoms with Crippen molar-refractivity contribution in [3.05, 3.63) is 82.4 Å². The van der Waals surface area contributed by atoms with Gasteiger partial charge in [-0.2, -0.15) is 0 Å². The Morgan fingerprint density at radius 1 is 0.880 bits per heavy atom. The van der Waals surface area contributed by atoms with Crippen LogP contribution in [-0.4, -0.2) is 5.78 Å². The van der Waals surface area contributed by atoms with Crippen LogP contribution in [0.2, 0.25) is 0 Å². The Balaban J connectivity index is 2.01. The summed E-state index contributed by atoms with van der Waals surface area (Å²) >= 11 is 0. The van der Waals surface area contributed by atoms with Gasteiger partial charge in [-0.1, -0.05) is 67.9 Å². The fourth-order valence-electron chi connectivity index (χ4n) is 4.27. The van der Waals surface area contributed by atoms with E-state index in [1.54, 1.807) is 0 Å². The van der Waals surface area contributed by atoms with Crippen molar-refractivity contribution in [2.24, 2.45) is 0 Å². The van der Waals surface area contributed by atoms with Gasteiger partial charge in [0.15, 0.2) is 5.78 Å². The molecule has 0 bridgehead atoms. The van der Waals surface area contributed by atoms with Crippen molar-refractivity contribution >= 4 is 16.6 Å². The zero-order chi connectivity index (χ0) is 17.2. The molecule has 1 aliphatic rings. The van der Waals surface area contributed by atoms with E-state index in [0.29, 0.717) is 0 Å². The molecule has 3 aromatic rings. The summed E-state index contributed by atoms with van der Waals surface area (Å²) in [6.45, 7) is 2.22. The minimum atomic E-state index is 0.178. The van der Waals surface area contributed by atoms with Crippen LogP contribution in [0, 0.1) is 0 Å². The van der Waals surface area contributed by atoms with E-state index in [9.17, 15) is 4.79 Å². The quantitative estimate of drug-likeness (QED) is 0.533. The highest BCUT2D eigenvalue weighted by molar-refractivity contribution is 6.18. The Kier molecular flexibility index (Phi) is 4.40. The van der Waals surface area contributed by atoms with Crippen LogP contribution in [0.3, 0.4) is 0 Å². The average Bonchev–Trinajstić information content (AvgIpc) is 3.16. The van der Waals surface area contributed by atoms with Gasteiger partial charge in [0, 0.05) is 11.1 Å². The molecule has 0 aromatic heterocycles. The number of hydrogen-bond donors (Lipinski definition) is 0. The molecule has 1 nitrogen and oxygen atoms in total. The van der Waals surface area contributed by atoms with Gasteiger partial charge in [0.25, 0.3) is 0 Å². The lowest BCUT2D eigenvalue weighted by molar-refractivity contribution is 0.103. The van der Waals surface area contributed by atoms with Crippen LogP contribution >= 0.6 is 0 Å². The molecule has 0 heterocycles. The Labute approximate surface area is 149 Å². The van der Waals surface area contributed by atoms with E-state index in [1.165, 1.54) is 28.5 Å². The van der Waals surface area contributed by atoms with Crippen molar-refractivity contribution in [2.45, 2.75) is 45.4 Å². The molecule has 1 aliphatic carbocycles. The molecule has 0 atom stereocenters.